The summed E-state index contributed by atoms with van der Waals surface area (Å²) in [7, 11) is -3.87. The van der Waals surface area contributed by atoms with E-state index >= 15 is 0 Å². The van der Waals surface area contributed by atoms with E-state index in [4.69, 9.17) is 0 Å². The second kappa shape index (κ2) is 7.20. The topological polar surface area (TPSA) is 49.7 Å². The summed E-state index contributed by atoms with van der Waals surface area (Å²) < 4.78 is 41.5. The van der Waals surface area contributed by atoms with Gasteiger partial charge in [0.1, 0.15) is 5.82 Å². The Kier molecular flexibility index (Phi) is 4.73. The smallest absolute Gasteiger partial charge is 0.207 e. The van der Waals surface area contributed by atoms with E-state index < -0.39 is 21.9 Å². The minimum absolute atomic E-state index is 0.158. The summed E-state index contributed by atoms with van der Waals surface area (Å²) in [5.74, 6) is -0.404. The molecule has 6 heteroatoms. The van der Waals surface area contributed by atoms with Crippen molar-refractivity contribution < 1.29 is 12.8 Å². The molecule has 142 valence electrons. The first-order valence-electron chi connectivity index (χ1n) is 8.94. The van der Waals surface area contributed by atoms with Gasteiger partial charge >= 0.3 is 0 Å². The zero-order chi connectivity index (χ0) is 19.7. The minimum atomic E-state index is -3.87. The molecule has 3 aromatic rings. The van der Waals surface area contributed by atoms with Gasteiger partial charge in [0.2, 0.25) is 0 Å². The third-order valence-electron chi connectivity index (χ3n) is 4.78. The molecule has 0 bridgehead atoms. The maximum Gasteiger partial charge on any atom is 0.279 e. The summed E-state index contributed by atoms with van der Waals surface area (Å²) >= 11 is 0. The molecule has 28 heavy (non-hydrogen) atoms. The largest absolute Gasteiger partial charge is 0.279 e. The van der Waals surface area contributed by atoms with Crippen LogP contribution in [0.15, 0.2) is 88.9 Å². The fourth-order valence-electron chi connectivity index (χ4n) is 3.29. The first-order valence-corrected chi connectivity index (χ1v) is 10.4. The van der Waals surface area contributed by atoms with Crippen molar-refractivity contribution in [3.8, 4) is 0 Å². The number of aryl methyl sites for hydroxylation is 1. The lowest BCUT2D eigenvalue weighted by atomic mass is 9.98. The summed E-state index contributed by atoms with van der Waals surface area (Å²) in [4.78, 5) is 0.158. The van der Waals surface area contributed by atoms with Crippen LogP contribution in [0.25, 0.3) is 0 Å². The number of sulfonamides is 1. The Morgan fingerprint density at radius 2 is 1.68 bits per heavy atom. The number of nitrogens with zero attached hydrogens (tertiary/aromatic N) is 2. The van der Waals surface area contributed by atoms with E-state index in [1.165, 1.54) is 24.3 Å². The summed E-state index contributed by atoms with van der Waals surface area (Å²) in [6.07, 6.45) is 0.374. The maximum absolute atomic E-state index is 13.8. The Morgan fingerprint density at radius 1 is 0.964 bits per heavy atom. The molecule has 0 aliphatic carbocycles. The molecule has 0 radical (unpaired) electrons. The fraction of sp³-hybridized carbons (Fsp3) is 0.136. The molecule has 0 amide bonds. The Bertz CT molecular complexity index is 1130. The van der Waals surface area contributed by atoms with Crippen LogP contribution in [-0.4, -0.2) is 18.5 Å². The molecule has 1 aliphatic heterocycles. The van der Waals surface area contributed by atoms with E-state index in [1.807, 2.05) is 31.2 Å². The standard InChI is InChI=1S/C22H19FN2O2S/c1-16-10-12-17(13-11-16)21-15-22(18-6-5-7-19(23)14-18)25(24-21)28(26,27)20-8-3-2-4-9-20/h2-14,22H,15H2,1H3/t22-/m1/s1. The number of hydrazone groups is 1. The number of hydrogen-bond donors (Lipinski definition) is 0. The molecule has 4 nitrogen and oxygen atoms in total. The fourth-order valence-corrected chi connectivity index (χ4v) is 4.75. The number of benzene rings is 3. The molecule has 4 rings (SSSR count). The predicted octanol–water partition coefficient (Wildman–Crippen LogP) is 4.67. The average Bonchev–Trinajstić information content (AvgIpc) is 3.16. The van der Waals surface area contributed by atoms with Crippen molar-refractivity contribution in [1.29, 1.82) is 0 Å². The van der Waals surface area contributed by atoms with Crippen molar-refractivity contribution in [2.24, 2.45) is 5.10 Å². The Labute approximate surface area is 164 Å². The van der Waals surface area contributed by atoms with E-state index in [0.717, 1.165) is 15.5 Å². The van der Waals surface area contributed by atoms with Crippen LogP contribution in [0, 0.1) is 12.7 Å². The Balaban J connectivity index is 1.81. The molecule has 3 aromatic carbocycles. The lowest BCUT2D eigenvalue weighted by Crippen LogP contribution is -2.27. The van der Waals surface area contributed by atoms with Gasteiger partial charge in [0, 0.05) is 6.42 Å². The van der Waals surface area contributed by atoms with Crippen molar-refractivity contribution in [3.63, 3.8) is 0 Å². The zero-order valence-corrected chi connectivity index (χ0v) is 16.1. The van der Waals surface area contributed by atoms with Gasteiger partial charge in [-0.1, -0.05) is 60.2 Å². The van der Waals surface area contributed by atoms with Gasteiger partial charge in [-0.25, -0.2) is 4.39 Å². The summed E-state index contributed by atoms with van der Waals surface area (Å²) in [6.45, 7) is 1.99. The highest BCUT2D eigenvalue weighted by atomic mass is 32.2. The van der Waals surface area contributed by atoms with Gasteiger partial charge in [-0.15, -0.1) is 0 Å². The second-order valence-electron chi connectivity index (χ2n) is 6.78. The highest BCUT2D eigenvalue weighted by Gasteiger charge is 2.37. The SMILES string of the molecule is Cc1ccc(C2=NN(S(=O)(=O)c3ccccc3)[C@@H](c3cccc(F)c3)C2)cc1. The minimum Gasteiger partial charge on any atom is -0.207 e. The molecule has 0 unspecified atom stereocenters. The third-order valence-corrected chi connectivity index (χ3v) is 6.47. The number of rotatable bonds is 4. The van der Waals surface area contributed by atoms with Crippen molar-refractivity contribution in [1.82, 2.24) is 4.41 Å². The lowest BCUT2D eigenvalue weighted by Gasteiger charge is -2.23. The summed E-state index contributed by atoms with van der Waals surface area (Å²) in [5.41, 5.74) is 3.20. The molecular weight excluding hydrogens is 375 g/mol. The van der Waals surface area contributed by atoms with Crippen molar-refractivity contribution in [3.05, 3.63) is 101 Å². The normalized spacial score (nSPS) is 16.9. The highest BCUT2D eigenvalue weighted by molar-refractivity contribution is 7.89. The molecule has 1 heterocycles. The van der Waals surface area contributed by atoms with Crippen LogP contribution >= 0.6 is 0 Å². The van der Waals surface area contributed by atoms with Crippen molar-refractivity contribution >= 4 is 15.7 Å². The van der Waals surface area contributed by atoms with Crippen LogP contribution in [0.1, 0.15) is 29.2 Å². The van der Waals surface area contributed by atoms with Gasteiger partial charge in [-0.05, 0) is 42.3 Å². The predicted molar refractivity (Wildman–Crippen MR) is 107 cm³/mol. The average molecular weight is 394 g/mol. The van der Waals surface area contributed by atoms with Gasteiger partial charge in [0.15, 0.2) is 0 Å². The van der Waals surface area contributed by atoms with Crippen LogP contribution in [0.5, 0.6) is 0 Å². The molecule has 0 saturated heterocycles. The highest BCUT2D eigenvalue weighted by Crippen LogP contribution is 2.37. The first kappa shape index (κ1) is 18.4. The molecule has 1 aliphatic rings. The van der Waals surface area contributed by atoms with E-state index in [0.29, 0.717) is 17.7 Å². The maximum atomic E-state index is 13.8. The number of halogens is 1. The van der Waals surface area contributed by atoms with E-state index in [-0.39, 0.29) is 4.90 Å². The molecule has 1 atom stereocenters. The van der Waals surface area contributed by atoms with Crippen LogP contribution in [0.4, 0.5) is 4.39 Å². The van der Waals surface area contributed by atoms with Gasteiger partial charge in [0.05, 0.1) is 16.6 Å². The molecular formula is C22H19FN2O2S. The Hall–Kier alpha value is -2.99. The molecule has 0 saturated carbocycles. The van der Waals surface area contributed by atoms with E-state index in [9.17, 15) is 12.8 Å². The van der Waals surface area contributed by atoms with Crippen molar-refractivity contribution in [2.75, 3.05) is 0 Å². The summed E-state index contributed by atoms with van der Waals surface area (Å²) in [5, 5.41) is 4.46. The van der Waals surface area contributed by atoms with Gasteiger partial charge < -0.3 is 0 Å². The Morgan fingerprint density at radius 3 is 2.36 bits per heavy atom. The van der Waals surface area contributed by atoms with Crippen LogP contribution < -0.4 is 0 Å². The molecule has 0 aromatic heterocycles. The van der Waals surface area contributed by atoms with Crippen molar-refractivity contribution in [2.45, 2.75) is 24.3 Å². The molecule has 0 fully saturated rings. The van der Waals surface area contributed by atoms with Crippen LogP contribution in [0.3, 0.4) is 0 Å². The van der Waals surface area contributed by atoms with E-state index in [2.05, 4.69) is 5.10 Å². The summed E-state index contributed by atoms with van der Waals surface area (Å²) in [6, 6.07) is 21.4. The molecule has 0 N–H and O–H groups in total. The monoisotopic (exact) mass is 394 g/mol. The first-order chi connectivity index (χ1) is 13.4. The van der Waals surface area contributed by atoms with Gasteiger partial charge in [-0.2, -0.15) is 17.9 Å². The van der Waals surface area contributed by atoms with Gasteiger partial charge in [-0.3, -0.25) is 0 Å². The van der Waals surface area contributed by atoms with Crippen LogP contribution in [-0.2, 0) is 10.0 Å². The lowest BCUT2D eigenvalue weighted by molar-refractivity contribution is 0.370. The van der Waals surface area contributed by atoms with Gasteiger partial charge in [0.25, 0.3) is 10.0 Å². The van der Waals surface area contributed by atoms with E-state index in [1.54, 1.807) is 30.3 Å². The number of hydrogen-bond acceptors (Lipinski definition) is 3. The zero-order valence-electron chi connectivity index (χ0n) is 15.3. The quantitative estimate of drug-likeness (QED) is 0.645. The third kappa shape index (κ3) is 3.43. The molecule has 0 spiro atoms. The van der Waals surface area contributed by atoms with Crippen LogP contribution in [0.2, 0.25) is 0 Å². The second-order valence-corrected chi connectivity index (χ2v) is 8.57.